The summed E-state index contributed by atoms with van der Waals surface area (Å²) in [6, 6.07) is 1.67. The van der Waals surface area contributed by atoms with Gasteiger partial charge in [-0.05, 0) is 25.8 Å². The van der Waals surface area contributed by atoms with Crippen molar-refractivity contribution in [3.8, 4) is 0 Å². The van der Waals surface area contributed by atoms with Crippen LogP contribution in [0.2, 0.25) is 0 Å². The highest BCUT2D eigenvalue weighted by molar-refractivity contribution is 5.93. The monoisotopic (exact) mass is 276 g/mol. The van der Waals surface area contributed by atoms with E-state index in [1.54, 1.807) is 12.3 Å². The van der Waals surface area contributed by atoms with Crippen molar-refractivity contribution in [2.45, 2.75) is 32.9 Å². The zero-order valence-electron chi connectivity index (χ0n) is 11.6. The largest absolute Gasteiger partial charge is 0.467 e. The van der Waals surface area contributed by atoms with Crippen molar-refractivity contribution in [3.63, 3.8) is 0 Å². The molecule has 2 heterocycles. The fraction of sp³-hybridized carbons (Fsp3) is 0.429. The van der Waals surface area contributed by atoms with E-state index in [0.717, 1.165) is 25.2 Å². The molecule has 0 saturated heterocycles. The number of nitrogens with one attached hydrogen (secondary N) is 1. The molecule has 0 aliphatic carbocycles. The third-order valence-corrected chi connectivity index (χ3v) is 3.15. The van der Waals surface area contributed by atoms with Crippen molar-refractivity contribution in [2.75, 3.05) is 6.54 Å². The lowest BCUT2D eigenvalue weighted by Gasteiger charge is -2.05. The molecule has 6 heteroatoms. The summed E-state index contributed by atoms with van der Waals surface area (Å²) >= 11 is 0. The highest BCUT2D eigenvalue weighted by Gasteiger charge is 2.08. The van der Waals surface area contributed by atoms with Gasteiger partial charge in [-0.2, -0.15) is 0 Å². The van der Waals surface area contributed by atoms with E-state index in [1.165, 1.54) is 6.26 Å². The van der Waals surface area contributed by atoms with Crippen LogP contribution < -0.4 is 11.1 Å². The smallest absolute Gasteiger partial charge is 0.254 e. The van der Waals surface area contributed by atoms with Crippen LogP contribution in [0.3, 0.4) is 0 Å². The molecule has 0 saturated carbocycles. The molecule has 0 aliphatic rings. The van der Waals surface area contributed by atoms with Gasteiger partial charge in [0, 0.05) is 25.5 Å². The van der Waals surface area contributed by atoms with Crippen molar-refractivity contribution in [1.82, 2.24) is 14.9 Å². The first-order chi connectivity index (χ1) is 9.70. The second-order valence-electron chi connectivity index (χ2n) is 4.64. The Bertz CT molecular complexity index is 559. The minimum Gasteiger partial charge on any atom is -0.467 e. The number of amides is 1. The van der Waals surface area contributed by atoms with E-state index in [2.05, 4.69) is 14.9 Å². The summed E-state index contributed by atoms with van der Waals surface area (Å²) in [5, 5.41) is 2.87. The van der Waals surface area contributed by atoms with Gasteiger partial charge in [0.15, 0.2) is 0 Å². The van der Waals surface area contributed by atoms with Gasteiger partial charge < -0.3 is 20.0 Å². The second-order valence-corrected chi connectivity index (χ2v) is 4.64. The zero-order chi connectivity index (χ0) is 14.4. The number of aromatic nitrogens is 2. The number of nitrogens with zero attached hydrogens (tertiary/aromatic N) is 2. The molecule has 3 N–H and O–H groups in total. The lowest BCUT2D eigenvalue weighted by molar-refractivity contribution is 0.0952. The predicted octanol–water partition coefficient (Wildman–Crippen LogP) is 1.45. The Kier molecular flexibility index (Phi) is 4.95. The van der Waals surface area contributed by atoms with Gasteiger partial charge >= 0.3 is 0 Å². The number of imidazole rings is 1. The first kappa shape index (κ1) is 14.3. The minimum absolute atomic E-state index is 0.118. The molecule has 1 amide bonds. The van der Waals surface area contributed by atoms with E-state index in [9.17, 15) is 4.79 Å². The van der Waals surface area contributed by atoms with Crippen molar-refractivity contribution >= 4 is 5.91 Å². The van der Waals surface area contributed by atoms with E-state index in [4.69, 9.17) is 10.2 Å². The number of aryl methyl sites for hydroxylation is 2. The third kappa shape index (κ3) is 3.71. The van der Waals surface area contributed by atoms with Gasteiger partial charge in [-0.25, -0.2) is 4.98 Å². The first-order valence-electron chi connectivity index (χ1n) is 6.74. The van der Waals surface area contributed by atoms with Crippen LogP contribution in [0.1, 0.15) is 34.8 Å². The zero-order valence-corrected chi connectivity index (χ0v) is 11.6. The van der Waals surface area contributed by atoms with Gasteiger partial charge in [-0.15, -0.1) is 0 Å². The van der Waals surface area contributed by atoms with Gasteiger partial charge in [0.05, 0.1) is 12.1 Å². The van der Waals surface area contributed by atoms with E-state index in [0.29, 0.717) is 24.4 Å². The molecule has 0 aromatic carbocycles. The Labute approximate surface area is 118 Å². The van der Waals surface area contributed by atoms with Crippen LogP contribution in [0.25, 0.3) is 0 Å². The van der Waals surface area contributed by atoms with Crippen molar-refractivity contribution in [1.29, 1.82) is 0 Å². The molecule has 20 heavy (non-hydrogen) atoms. The van der Waals surface area contributed by atoms with E-state index in [1.807, 2.05) is 13.1 Å². The molecule has 0 atom stereocenters. The molecule has 6 nitrogen and oxygen atoms in total. The van der Waals surface area contributed by atoms with Crippen molar-refractivity contribution in [2.24, 2.45) is 5.73 Å². The highest BCUT2D eigenvalue weighted by Crippen LogP contribution is 2.06. The second kappa shape index (κ2) is 6.91. The molecule has 0 spiro atoms. The van der Waals surface area contributed by atoms with Crippen LogP contribution in [0, 0.1) is 6.92 Å². The number of hydrogen-bond donors (Lipinski definition) is 2. The molecule has 2 rings (SSSR count). The summed E-state index contributed by atoms with van der Waals surface area (Å²) in [7, 11) is 0. The Morgan fingerprint density at radius 1 is 1.50 bits per heavy atom. The summed E-state index contributed by atoms with van der Waals surface area (Å²) < 4.78 is 7.23. The Morgan fingerprint density at radius 3 is 3.00 bits per heavy atom. The molecule has 0 fully saturated rings. The SMILES string of the molecule is Cc1nccn1CCCCNC(=O)c1coc(CN)c1. The molecule has 0 unspecified atom stereocenters. The van der Waals surface area contributed by atoms with Crippen LogP contribution >= 0.6 is 0 Å². The Morgan fingerprint density at radius 2 is 2.35 bits per heavy atom. The topological polar surface area (TPSA) is 86.1 Å². The number of furan rings is 1. The third-order valence-electron chi connectivity index (χ3n) is 3.15. The van der Waals surface area contributed by atoms with Crippen LogP contribution in [0.15, 0.2) is 29.1 Å². The maximum atomic E-state index is 11.8. The number of carbonyl (C=O) groups is 1. The molecular weight excluding hydrogens is 256 g/mol. The van der Waals surface area contributed by atoms with Crippen LogP contribution in [-0.2, 0) is 13.1 Å². The lowest BCUT2D eigenvalue weighted by Crippen LogP contribution is -2.24. The summed E-state index contributed by atoms with van der Waals surface area (Å²) in [5.41, 5.74) is 5.95. The molecule has 0 bridgehead atoms. The van der Waals surface area contributed by atoms with Crippen molar-refractivity contribution in [3.05, 3.63) is 41.9 Å². The normalized spacial score (nSPS) is 10.7. The number of rotatable bonds is 7. The summed E-state index contributed by atoms with van der Waals surface area (Å²) in [6.07, 6.45) is 7.12. The molecule has 0 radical (unpaired) electrons. The average molecular weight is 276 g/mol. The van der Waals surface area contributed by atoms with Crippen LogP contribution in [-0.4, -0.2) is 22.0 Å². The van der Waals surface area contributed by atoms with Gasteiger partial charge in [0.2, 0.25) is 0 Å². The summed E-state index contributed by atoms with van der Waals surface area (Å²) in [4.78, 5) is 16.0. The first-order valence-corrected chi connectivity index (χ1v) is 6.74. The standard InChI is InChI=1S/C14H20N4O2/c1-11-16-5-7-18(11)6-3-2-4-17-14(19)12-8-13(9-15)20-10-12/h5,7-8,10H,2-4,6,9,15H2,1H3,(H,17,19). The van der Waals surface area contributed by atoms with E-state index >= 15 is 0 Å². The van der Waals surface area contributed by atoms with Crippen LogP contribution in [0.5, 0.6) is 0 Å². The summed E-state index contributed by atoms with van der Waals surface area (Å²) in [5.74, 6) is 1.51. The number of nitrogens with two attached hydrogens (primary N) is 1. The minimum atomic E-state index is -0.118. The van der Waals surface area contributed by atoms with E-state index < -0.39 is 0 Å². The maximum absolute atomic E-state index is 11.8. The Balaban J connectivity index is 1.66. The average Bonchev–Trinajstić information content (AvgIpc) is 3.07. The van der Waals surface area contributed by atoms with Gasteiger partial charge in [-0.1, -0.05) is 0 Å². The molecule has 2 aromatic heterocycles. The quantitative estimate of drug-likeness (QED) is 0.749. The maximum Gasteiger partial charge on any atom is 0.254 e. The fourth-order valence-electron chi connectivity index (χ4n) is 1.96. The highest BCUT2D eigenvalue weighted by atomic mass is 16.3. The predicted molar refractivity (Wildman–Crippen MR) is 75.1 cm³/mol. The molecule has 0 aliphatic heterocycles. The number of hydrogen-bond acceptors (Lipinski definition) is 4. The summed E-state index contributed by atoms with van der Waals surface area (Å²) in [6.45, 7) is 3.85. The van der Waals surface area contributed by atoms with Gasteiger partial charge in [0.1, 0.15) is 17.8 Å². The van der Waals surface area contributed by atoms with Crippen LogP contribution in [0.4, 0.5) is 0 Å². The molecule has 2 aromatic rings. The molecular formula is C14H20N4O2. The van der Waals surface area contributed by atoms with E-state index in [-0.39, 0.29) is 5.91 Å². The number of unbranched alkanes of at least 4 members (excludes halogenated alkanes) is 1. The lowest BCUT2D eigenvalue weighted by atomic mass is 10.2. The number of carbonyl (C=O) groups excluding carboxylic acids is 1. The Hall–Kier alpha value is -2.08. The molecule has 108 valence electrons. The fourth-order valence-corrected chi connectivity index (χ4v) is 1.96. The van der Waals surface area contributed by atoms with Gasteiger partial charge in [-0.3, -0.25) is 4.79 Å². The van der Waals surface area contributed by atoms with Crippen molar-refractivity contribution < 1.29 is 9.21 Å². The van der Waals surface area contributed by atoms with Gasteiger partial charge in [0.25, 0.3) is 5.91 Å².